The third-order valence-electron chi connectivity index (χ3n) is 3.78. The summed E-state index contributed by atoms with van der Waals surface area (Å²) in [6.07, 6.45) is 2.87. The van der Waals surface area contributed by atoms with Gasteiger partial charge in [0, 0.05) is 19.5 Å². The predicted molar refractivity (Wildman–Crippen MR) is 99.2 cm³/mol. The minimum Gasteiger partial charge on any atom is -0.456 e. The average molecular weight is 368 g/mol. The molecule has 0 bridgehead atoms. The van der Waals surface area contributed by atoms with Crippen LogP contribution in [0.1, 0.15) is 52.9 Å². The van der Waals surface area contributed by atoms with Crippen LogP contribution in [0.15, 0.2) is 9.59 Å². The second-order valence-corrected chi connectivity index (χ2v) is 5.95. The summed E-state index contributed by atoms with van der Waals surface area (Å²) >= 11 is 0. The molecule has 0 aliphatic rings. The van der Waals surface area contributed by atoms with E-state index in [0.717, 1.165) is 6.42 Å². The molecule has 0 aliphatic heterocycles. The summed E-state index contributed by atoms with van der Waals surface area (Å²) in [6.45, 7) is 5.70. The fourth-order valence-electron chi connectivity index (χ4n) is 2.46. The van der Waals surface area contributed by atoms with Gasteiger partial charge in [-0.2, -0.15) is 0 Å². The van der Waals surface area contributed by atoms with Gasteiger partial charge in [0.05, 0.1) is 0 Å². The van der Waals surface area contributed by atoms with Crippen LogP contribution < -0.4 is 21.9 Å². The molecule has 0 atom stereocenters. The molecule has 1 rings (SSSR count). The zero-order chi connectivity index (χ0) is 19.7. The lowest BCUT2D eigenvalue weighted by molar-refractivity contribution is -0.147. The number of amides is 1. The molecule has 0 fully saturated rings. The normalized spacial score (nSPS) is 10.6. The Balaban J connectivity index is 3.22. The Morgan fingerprint density at radius 3 is 2.42 bits per heavy atom. The Morgan fingerprint density at radius 1 is 1.15 bits per heavy atom. The number of nitrogen functional groups attached to an aromatic ring is 1. The zero-order valence-electron chi connectivity index (χ0n) is 15.7. The van der Waals surface area contributed by atoms with Crippen molar-refractivity contribution >= 4 is 23.4 Å². The van der Waals surface area contributed by atoms with Crippen molar-refractivity contribution in [1.29, 1.82) is 0 Å². The van der Waals surface area contributed by atoms with Crippen LogP contribution in [0.2, 0.25) is 0 Å². The highest BCUT2D eigenvalue weighted by Crippen LogP contribution is 2.18. The summed E-state index contributed by atoms with van der Waals surface area (Å²) in [6, 6.07) is 0. The lowest BCUT2D eigenvalue weighted by Gasteiger charge is -2.24. The molecule has 26 heavy (non-hydrogen) atoms. The molecule has 146 valence electrons. The highest BCUT2D eigenvalue weighted by Gasteiger charge is 2.24. The van der Waals surface area contributed by atoms with Crippen molar-refractivity contribution in [2.75, 3.05) is 23.8 Å². The van der Waals surface area contributed by atoms with Gasteiger partial charge in [-0.25, -0.2) is 4.79 Å². The van der Waals surface area contributed by atoms with E-state index in [-0.39, 0.29) is 24.5 Å². The predicted octanol–water partition coefficient (Wildman–Crippen LogP) is 1.01. The smallest absolute Gasteiger partial charge is 0.330 e. The van der Waals surface area contributed by atoms with Crippen molar-refractivity contribution in [3.05, 3.63) is 20.8 Å². The van der Waals surface area contributed by atoms with Crippen molar-refractivity contribution in [1.82, 2.24) is 9.55 Å². The monoisotopic (exact) mass is 368 g/mol. The van der Waals surface area contributed by atoms with Gasteiger partial charge in [0.15, 0.2) is 12.3 Å². The third-order valence-corrected chi connectivity index (χ3v) is 3.78. The van der Waals surface area contributed by atoms with E-state index in [0.29, 0.717) is 25.8 Å². The molecule has 1 amide bonds. The molecule has 0 saturated carbocycles. The van der Waals surface area contributed by atoms with E-state index in [1.165, 1.54) is 9.47 Å². The summed E-state index contributed by atoms with van der Waals surface area (Å²) in [5.74, 6) is -1.10. The number of nitrogens with one attached hydrogen (secondary N) is 1. The molecular weight excluding hydrogens is 340 g/mol. The molecule has 0 spiro atoms. The number of hydrogen-bond donors (Lipinski definition) is 2. The van der Waals surface area contributed by atoms with Crippen LogP contribution >= 0.6 is 0 Å². The maximum absolute atomic E-state index is 12.6. The van der Waals surface area contributed by atoms with E-state index in [9.17, 15) is 19.2 Å². The van der Waals surface area contributed by atoms with Gasteiger partial charge in [-0.15, -0.1) is 0 Å². The summed E-state index contributed by atoms with van der Waals surface area (Å²) in [5.41, 5.74) is 4.60. The first-order valence-corrected chi connectivity index (χ1v) is 8.95. The number of nitrogens with zero attached hydrogens (tertiary/aromatic N) is 2. The SMILES string of the molecule is CCCCN(C(=O)COC(=O)CCC)c1c(N)n(CCC)c(=O)[nH]c1=O. The van der Waals surface area contributed by atoms with Crippen molar-refractivity contribution in [2.24, 2.45) is 0 Å². The van der Waals surface area contributed by atoms with Gasteiger partial charge in [0.2, 0.25) is 0 Å². The van der Waals surface area contributed by atoms with E-state index < -0.39 is 29.7 Å². The number of unbranched alkanes of at least 4 members (excludes halogenated alkanes) is 1. The van der Waals surface area contributed by atoms with E-state index in [1.807, 2.05) is 20.8 Å². The summed E-state index contributed by atoms with van der Waals surface area (Å²) in [7, 11) is 0. The number of carbonyl (C=O) groups is 2. The van der Waals surface area contributed by atoms with Crippen LogP contribution in [0.3, 0.4) is 0 Å². The van der Waals surface area contributed by atoms with E-state index in [4.69, 9.17) is 10.5 Å². The number of H-pyrrole nitrogens is 1. The minimum atomic E-state index is -0.732. The van der Waals surface area contributed by atoms with Crippen LogP contribution in [0.5, 0.6) is 0 Å². The van der Waals surface area contributed by atoms with Crippen LogP contribution in [-0.2, 0) is 20.9 Å². The Kier molecular flexibility index (Phi) is 8.60. The fourth-order valence-corrected chi connectivity index (χ4v) is 2.46. The topological polar surface area (TPSA) is 127 Å². The number of carbonyl (C=O) groups excluding carboxylic acids is 2. The molecule has 1 aromatic rings. The van der Waals surface area contributed by atoms with Crippen molar-refractivity contribution in [2.45, 2.75) is 59.4 Å². The highest BCUT2D eigenvalue weighted by atomic mass is 16.5. The van der Waals surface area contributed by atoms with Gasteiger partial charge in [-0.3, -0.25) is 23.9 Å². The lowest BCUT2D eigenvalue weighted by atomic mass is 10.2. The summed E-state index contributed by atoms with van der Waals surface area (Å²) < 4.78 is 6.18. The van der Waals surface area contributed by atoms with Crippen molar-refractivity contribution in [3.8, 4) is 0 Å². The number of aromatic amines is 1. The Hall–Kier alpha value is -2.58. The molecule has 0 aromatic carbocycles. The molecular formula is C17H28N4O5. The first kappa shape index (κ1) is 21.5. The second-order valence-electron chi connectivity index (χ2n) is 5.95. The van der Waals surface area contributed by atoms with Crippen LogP contribution in [0.4, 0.5) is 11.5 Å². The molecule has 0 radical (unpaired) electrons. The Morgan fingerprint density at radius 2 is 1.85 bits per heavy atom. The largest absolute Gasteiger partial charge is 0.456 e. The number of aromatic nitrogens is 2. The number of nitrogens with two attached hydrogens (primary N) is 1. The molecule has 9 nitrogen and oxygen atoms in total. The molecule has 3 N–H and O–H groups in total. The number of ether oxygens (including phenoxy) is 1. The van der Waals surface area contributed by atoms with Crippen molar-refractivity contribution < 1.29 is 14.3 Å². The number of hydrogen-bond acceptors (Lipinski definition) is 6. The number of anilines is 2. The summed E-state index contributed by atoms with van der Waals surface area (Å²) in [4.78, 5) is 51.7. The molecule has 1 aromatic heterocycles. The van der Waals surface area contributed by atoms with Crippen LogP contribution in [-0.4, -0.2) is 34.6 Å². The zero-order valence-corrected chi connectivity index (χ0v) is 15.7. The first-order valence-electron chi connectivity index (χ1n) is 8.95. The van der Waals surface area contributed by atoms with E-state index >= 15 is 0 Å². The van der Waals surface area contributed by atoms with Gasteiger partial charge < -0.3 is 15.4 Å². The number of rotatable bonds is 10. The first-order chi connectivity index (χ1) is 12.4. The summed E-state index contributed by atoms with van der Waals surface area (Å²) in [5, 5.41) is 0. The maximum atomic E-state index is 12.6. The highest BCUT2D eigenvalue weighted by molar-refractivity contribution is 5.97. The lowest BCUT2D eigenvalue weighted by Crippen LogP contribution is -2.43. The van der Waals surface area contributed by atoms with Gasteiger partial charge in [-0.05, 0) is 19.3 Å². The van der Waals surface area contributed by atoms with Crippen molar-refractivity contribution in [3.63, 3.8) is 0 Å². The van der Waals surface area contributed by atoms with E-state index in [1.54, 1.807) is 0 Å². The minimum absolute atomic E-state index is 0.0649. The molecule has 0 saturated heterocycles. The van der Waals surface area contributed by atoms with Gasteiger partial charge in [0.25, 0.3) is 11.5 Å². The standard InChI is InChI=1S/C17H28N4O5/c1-4-7-10-20(12(22)11-26-13(23)8-5-2)14-15(18)21(9-6-3)17(25)19-16(14)24/h4-11,18H2,1-3H3,(H,19,24,25). The second kappa shape index (κ2) is 10.4. The quantitative estimate of drug-likeness (QED) is 0.593. The molecule has 0 aliphatic carbocycles. The van der Waals surface area contributed by atoms with Crippen LogP contribution in [0.25, 0.3) is 0 Å². The third kappa shape index (κ3) is 5.47. The molecule has 9 heteroatoms. The van der Waals surface area contributed by atoms with Gasteiger partial charge >= 0.3 is 11.7 Å². The molecule has 1 heterocycles. The average Bonchev–Trinajstić information content (AvgIpc) is 2.59. The Bertz CT molecular complexity index is 738. The van der Waals surface area contributed by atoms with Gasteiger partial charge in [-0.1, -0.05) is 27.2 Å². The van der Waals surface area contributed by atoms with Gasteiger partial charge in [0.1, 0.15) is 5.82 Å². The van der Waals surface area contributed by atoms with E-state index in [2.05, 4.69) is 4.98 Å². The van der Waals surface area contributed by atoms with Crippen LogP contribution in [0, 0.1) is 0 Å². The number of esters is 1. The molecule has 0 unspecified atom stereocenters. The maximum Gasteiger partial charge on any atom is 0.330 e. The Labute approximate surface area is 152 Å². The fraction of sp³-hybridized carbons (Fsp3) is 0.647.